The van der Waals surface area contributed by atoms with Crippen molar-refractivity contribution in [2.45, 2.75) is 91.7 Å². The van der Waals surface area contributed by atoms with Gasteiger partial charge < -0.3 is 14.4 Å². The monoisotopic (exact) mass is 507 g/mol. The van der Waals surface area contributed by atoms with Crippen LogP contribution in [0.5, 0.6) is 5.75 Å². The lowest BCUT2D eigenvalue weighted by Crippen LogP contribution is -2.39. The maximum atomic E-state index is 13.3. The minimum atomic E-state index is -1.02. The average Bonchev–Trinajstić information content (AvgIpc) is 3.01. The maximum absolute atomic E-state index is 13.3. The molecule has 1 heterocycles. The van der Waals surface area contributed by atoms with E-state index in [1.54, 1.807) is 20.8 Å². The third kappa shape index (κ3) is 8.62. The summed E-state index contributed by atoms with van der Waals surface area (Å²) in [6.07, 6.45) is 7.35. The lowest BCUT2D eigenvalue weighted by Gasteiger charge is -2.27. The van der Waals surface area contributed by atoms with Gasteiger partial charge in [-0.15, -0.1) is 0 Å². The lowest BCUT2D eigenvalue weighted by atomic mass is 9.91. The first kappa shape index (κ1) is 28.7. The minimum Gasteiger partial charge on any atom is -0.476 e. The standard InChI is InChI=1S/C32H45NO4/c1-6-9-28-19-16-26(22-33(30(28)34)23-27-14-12-24(3)13-15-27)11-8-10-25-17-20-29(21-18-25)37-32(4,5)31(35)36-7-2/h12-15,17-18,20-21,26,28H,6-11,16,19,22-23H2,1-5H3. The summed E-state index contributed by atoms with van der Waals surface area (Å²) in [6, 6.07) is 16.6. The van der Waals surface area contributed by atoms with Gasteiger partial charge in [-0.25, -0.2) is 4.79 Å². The summed E-state index contributed by atoms with van der Waals surface area (Å²) in [6.45, 7) is 11.4. The number of benzene rings is 2. The summed E-state index contributed by atoms with van der Waals surface area (Å²) in [5.41, 5.74) is 2.69. The zero-order valence-corrected chi connectivity index (χ0v) is 23.4. The average molecular weight is 508 g/mol. The molecule has 37 heavy (non-hydrogen) atoms. The van der Waals surface area contributed by atoms with Gasteiger partial charge in [-0.3, -0.25) is 4.79 Å². The molecule has 0 spiro atoms. The number of hydrogen-bond donors (Lipinski definition) is 0. The summed E-state index contributed by atoms with van der Waals surface area (Å²) < 4.78 is 11.0. The Kier molecular flexibility index (Phi) is 10.6. The van der Waals surface area contributed by atoms with Crippen LogP contribution in [0.15, 0.2) is 48.5 Å². The molecule has 3 rings (SSSR count). The Hall–Kier alpha value is -2.82. The highest BCUT2D eigenvalue weighted by molar-refractivity contribution is 5.79. The molecule has 2 unspecified atom stereocenters. The van der Waals surface area contributed by atoms with Crippen LogP contribution in [0.25, 0.3) is 0 Å². The van der Waals surface area contributed by atoms with Gasteiger partial charge in [-0.1, -0.05) is 55.3 Å². The Morgan fingerprint density at radius 3 is 2.30 bits per heavy atom. The third-order valence-electron chi connectivity index (χ3n) is 7.34. The molecular weight excluding hydrogens is 462 g/mol. The van der Waals surface area contributed by atoms with Crippen LogP contribution in [0.3, 0.4) is 0 Å². The number of ether oxygens (including phenoxy) is 2. The molecule has 202 valence electrons. The second-order valence-corrected chi connectivity index (χ2v) is 11.0. The minimum absolute atomic E-state index is 0.159. The van der Waals surface area contributed by atoms with Gasteiger partial charge in [0.15, 0.2) is 5.60 Å². The van der Waals surface area contributed by atoms with Gasteiger partial charge in [-0.2, -0.15) is 0 Å². The van der Waals surface area contributed by atoms with E-state index in [4.69, 9.17) is 9.47 Å². The number of carbonyl (C=O) groups is 2. The zero-order valence-electron chi connectivity index (χ0n) is 23.4. The fourth-order valence-corrected chi connectivity index (χ4v) is 5.18. The highest BCUT2D eigenvalue weighted by Crippen LogP contribution is 2.29. The number of carbonyl (C=O) groups excluding carboxylic acids is 2. The molecule has 0 aromatic heterocycles. The number of esters is 1. The quantitative estimate of drug-likeness (QED) is 0.293. The van der Waals surface area contributed by atoms with Crippen molar-refractivity contribution >= 4 is 11.9 Å². The van der Waals surface area contributed by atoms with E-state index in [0.717, 1.165) is 51.5 Å². The number of rotatable bonds is 12. The third-order valence-corrected chi connectivity index (χ3v) is 7.34. The van der Waals surface area contributed by atoms with E-state index in [2.05, 4.69) is 55.1 Å². The van der Waals surface area contributed by atoms with Crippen LogP contribution < -0.4 is 4.74 Å². The fourth-order valence-electron chi connectivity index (χ4n) is 5.18. The van der Waals surface area contributed by atoms with Crippen molar-refractivity contribution in [3.8, 4) is 5.75 Å². The first-order chi connectivity index (χ1) is 17.7. The van der Waals surface area contributed by atoms with Crippen LogP contribution in [0.4, 0.5) is 0 Å². The number of nitrogens with zero attached hydrogens (tertiary/aromatic N) is 1. The second kappa shape index (κ2) is 13.6. The van der Waals surface area contributed by atoms with E-state index in [1.807, 2.05) is 12.1 Å². The van der Waals surface area contributed by atoms with E-state index < -0.39 is 5.60 Å². The van der Waals surface area contributed by atoms with Gasteiger partial charge in [0.1, 0.15) is 5.75 Å². The van der Waals surface area contributed by atoms with E-state index >= 15 is 0 Å². The van der Waals surface area contributed by atoms with E-state index in [1.165, 1.54) is 16.7 Å². The van der Waals surface area contributed by atoms with E-state index in [0.29, 0.717) is 30.7 Å². The molecule has 2 aromatic rings. The molecule has 1 aliphatic rings. The number of hydrogen-bond acceptors (Lipinski definition) is 4. The predicted octanol–water partition coefficient (Wildman–Crippen LogP) is 6.89. The number of amides is 1. The predicted molar refractivity (Wildman–Crippen MR) is 148 cm³/mol. The van der Waals surface area contributed by atoms with Crippen molar-refractivity contribution in [2.75, 3.05) is 13.2 Å². The Morgan fingerprint density at radius 1 is 0.973 bits per heavy atom. The summed E-state index contributed by atoms with van der Waals surface area (Å²) in [4.78, 5) is 27.6. The first-order valence-electron chi connectivity index (χ1n) is 14.0. The highest BCUT2D eigenvalue weighted by atomic mass is 16.6. The Balaban J connectivity index is 1.55. The van der Waals surface area contributed by atoms with Crippen LogP contribution in [0, 0.1) is 18.8 Å². The summed E-state index contributed by atoms with van der Waals surface area (Å²) in [7, 11) is 0. The summed E-state index contributed by atoms with van der Waals surface area (Å²) in [5, 5.41) is 0. The molecule has 0 radical (unpaired) electrons. The van der Waals surface area contributed by atoms with Crippen molar-refractivity contribution in [1.29, 1.82) is 0 Å². The van der Waals surface area contributed by atoms with Crippen LogP contribution in [-0.4, -0.2) is 35.5 Å². The van der Waals surface area contributed by atoms with Crippen LogP contribution in [-0.2, 0) is 27.3 Å². The van der Waals surface area contributed by atoms with E-state index in [9.17, 15) is 9.59 Å². The van der Waals surface area contributed by atoms with Gasteiger partial charge in [0.25, 0.3) is 0 Å². The van der Waals surface area contributed by atoms with Gasteiger partial charge in [0, 0.05) is 19.0 Å². The zero-order chi connectivity index (χ0) is 26.8. The topological polar surface area (TPSA) is 55.8 Å². The lowest BCUT2D eigenvalue weighted by molar-refractivity contribution is -0.158. The molecule has 1 aliphatic heterocycles. The largest absolute Gasteiger partial charge is 0.476 e. The molecule has 2 aromatic carbocycles. The van der Waals surface area contributed by atoms with Gasteiger partial charge in [0.05, 0.1) is 6.61 Å². The molecule has 1 amide bonds. The SMILES string of the molecule is CCCC1CCC(CCCc2ccc(OC(C)(C)C(=O)OCC)cc2)CN(Cc2ccc(C)cc2)C1=O. The molecule has 5 nitrogen and oxygen atoms in total. The molecule has 1 fully saturated rings. The molecule has 0 bridgehead atoms. The van der Waals surface area contributed by atoms with Crippen LogP contribution in [0.1, 0.15) is 82.9 Å². The van der Waals surface area contributed by atoms with Gasteiger partial charge in [0.2, 0.25) is 5.91 Å². The van der Waals surface area contributed by atoms with Crippen molar-refractivity contribution < 1.29 is 19.1 Å². The van der Waals surface area contributed by atoms with Crippen LogP contribution in [0.2, 0.25) is 0 Å². The van der Waals surface area contributed by atoms with Crippen molar-refractivity contribution in [3.05, 3.63) is 65.2 Å². The van der Waals surface area contributed by atoms with Gasteiger partial charge >= 0.3 is 5.97 Å². The molecule has 5 heteroatoms. The highest BCUT2D eigenvalue weighted by Gasteiger charge is 2.32. The molecule has 0 N–H and O–H groups in total. The molecule has 2 atom stereocenters. The Morgan fingerprint density at radius 2 is 1.65 bits per heavy atom. The summed E-state index contributed by atoms with van der Waals surface area (Å²) >= 11 is 0. The first-order valence-corrected chi connectivity index (χ1v) is 14.0. The van der Waals surface area contributed by atoms with Crippen LogP contribution >= 0.6 is 0 Å². The molecular formula is C32H45NO4. The Bertz CT molecular complexity index is 996. The maximum Gasteiger partial charge on any atom is 0.349 e. The molecule has 0 aliphatic carbocycles. The second-order valence-electron chi connectivity index (χ2n) is 11.0. The normalized spacial score (nSPS) is 18.4. The molecule has 0 saturated carbocycles. The number of likely N-dealkylation sites (tertiary alicyclic amines) is 1. The summed E-state index contributed by atoms with van der Waals surface area (Å²) in [5.74, 6) is 1.33. The van der Waals surface area contributed by atoms with E-state index in [-0.39, 0.29) is 11.9 Å². The number of aryl methyl sites for hydroxylation is 2. The fraction of sp³-hybridized carbons (Fsp3) is 0.562. The Labute approximate surface area is 223 Å². The van der Waals surface area contributed by atoms with Gasteiger partial charge in [-0.05, 0) is 95.4 Å². The van der Waals surface area contributed by atoms with Crippen molar-refractivity contribution in [2.24, 2.45) is 11.8 Å². The smallest absolute Gasteiger partial charge is 0.349 e. The van der Waals surface area contributed by atoms with Crippen molar-refractivity contribution in [1.82, 2.24) is 4.90 Å². The van der Waals surface area contributed by atoms with Crippen molar-refractivity contribution in [3.63, 3.8) is 0 Å². The molecule has 1 saturated heterocycles.